The molecule has 0 aliphatic heterocycles. The lowest BCUT2D eigenvalue weighted by Gasteiger charge is -2.39. The quantitative estimate of drug-likeness (QED) is 0.933. The molecule has 0 spiro atoms. The Hall–Kier alpha value is -0.870. The lowest BCUT2D eigenvalue weighted by Crippen LogP contribution is -2.50. The van der Waals surface area contributed by atoms with Crippen LogP contribution in [0.3, 0.4) is 0 Å². The molecule has 0 bridgehead atoms. The number of hydrogen-bond donors (Lipinski definition) is 1. The number of aryl methyl sites for hydroxylation is 2. The molecule has 1 aliphatic carbocycles. The summed E-state index contributed by atoms with van der Waals surface area (Å²) in [4.78, 5) is 0.500. The molecule has 118 valence electrons. The Kier molecular flexibility index (Phi) is 4.79. The number of hydrogen-bond acceptors (Lipinski definition) is 3. The van der Waals surface area contributed by atoms with E-state index in [-0.39, 0.29) is 17.2 Å². The minimum absolute atomic E-state index is 0.0365. The van der Waals surface area contributed by atoms with Gasteiger partial charge in [-0.2, -0.15) is 0 Å². The maximum absolute atomic E-state index is 13.2. The maximum atomic E-state index is 13.2. The average molecular weight is 309 g/mol. The molecule has 21 heavy (non-hydrogen) atoms. The smallest absolute Gasteiger partial charge is 0.183 e. The molecule has 1 N–H and O–H groups in total. The van der Waals surface area contributed by atoms with E-state index in [2.05, 4.69) is 19.2 Å². The first kappa shape index (κ1) is 16.5. The number of benzene rings is 1. The second kappa shape index (κ2) is 6.09. The summed E-state index contributed by atoms with van der Waals surface area (Å²) in [6.45, 7) is 8.17. The molecule has 1 fully saturated rings. The van der Waals surface area contributed by atoms with Crippen molar-refractivity contribution in [1.29, 1.82) is 0 Å². The predicted molar refractivity (Wildman–Crippen MR) is 87.3 cm³/mol. The zero-order valence-corrected chi connectivity index (χ0v) is 14.5. The molecule has 0 radical (unpaired) electrons. The van der Waals surface area contributed by atoms with Crippen molar-refractivity contribution in [2.75, 3.05) is 7.05 Å². The number of rotatable bonds is 3. The third-order valence-corrected chi connectivity index (χ3v) is 7.33. The van der Waals surface area contributed by atoms with Crippen LogP contribution >= 0.6 is 0 Å². The largest absolute Gasteiger partial charge is 0.316 e. The first-order valence-corrected chi connectivity index (χ1v) is 9.30. The molecule has 4 unspecified atom stereocenters. The van der Waals surface area contributed by atoms with Crippen LogP contribution < -0.4 is 5.32 Å². The molecule has 1 aromatic rings. The van der Waals surface area contributed by atoms with Gasteiger partial charge in [-0.1, -0.05) is 31.5 Å². The average Bonchev–Trinajstić information content (AvgIpc) is 2.36. The second-order valence-corrected chi connectivity index (χ2v) is 8.80. The van der Waals surface area contributed by atoms with Gasteiger partial charge < -0.3 is 5.32 Å². The van der Waals surface area contributed by atoms with E-state index in [1.165, 1.54) is 0 Å². The Balaban J connectivity index is 2.46. The SMILES string of the molecule is CNC1CC(C)CC(C)C1S(=O)(=O)c1ccc(C)cc1C. The summed E-state index contributed by atoms with van der Waals surface area (Å²) < 4.78 is 26.3. The van der Waals surface area contributed by atoms with E-state index in [0.29, 0.717) is 10.8 Å². The summed E-state index contributed by atoms with van der Waals surface area (Å²) in [6.07, 6.45) is 1.91. The molecule has 0 saturated heterocycles. The summed E-state index contributed by atoms with van der Waals surface area (Å²) in [5, 5.41) is 2.91. The van der Waals surface area contributed by atoms with Gasteiger partial charge in [-0.05, 0) is 57.2 Å². The zero-order chi connectivity index (χ0) is 15.8. The van der Waals surface area contributed by atoms with Crippen molar-refractivity contribution in [2.45, 2.75) is 56.7 Å². The van der Waals surface area contributed by atoms with Crippen molar-refractivity contribution in [2.24, 2.45) is 11.8 Å². The predicted octanol–water partition coefficient (Wildman–Crippen LogP) is 3.10. The van der Waals surface area contributed by atoms with Crippen LogP contribution in [0.2, 0.25) is 0 Å². The summed E-state index contributed by atoms with van der Waals surface area (Å²) in [7, 11) is -1.43. The van der Waals surface area contributed by atoms with Crippen LogP contribution in [0.1, 0.15) is 37.8 Å². The fourth-order valence-corrected chi connectivity index (χ4v) is 6.36. The molecular weight excluding hydrogens is 282 g/mol. The zero-order valence-electron chi connectivity index (χ0n) is 13.7. The van der Waals surface area contributed by atoms with E-state index in [1.807, 2.05) is 33.0 Å². The Bertz CT molecular complexity index is 609. The maximum Gasteiger partial charge on any atom is 0.183 e. The van der Waals surface area contributed by atoms with Gasteiger partial charge in [-0.3, -0.25) is 0 Å². The first-order valence-electron chi connectivity index (χ1n) is 7.75. The number of sulfone groups is 1. The highest BCUT2D eigenvalue weighted by Gasteiger charge is 2.42. The standard InChI is InChI=1S/C17H27NO2S/c1-11-6-7-16(13(3)8-11)21(19,20)17-14(4)9-12(2)10-15(17)18-5/h6-8,12,14-15,17-18H,9-10H2,1-5H3. The van der Waals surface area contributed by atoms with Gasteiger partial charge in [-0.15, -0.1) is 0 Å². The summed E-state index contributed by atoms with van der Waals surface area (Å²) in [5.74, 6) is 0.750. The second-order valence-electron chi connectivity index (χ2n) is 6.73. The lowest BCUT2D eigenvalue weighted by molar-refractivity contribution is 0.249. The highest BCUT2D eigenvalue weighted by Crippen LogP contribution is 2.36. The normalized spacial score (nSPS) is 30.3. The topological polar surface area (TPSA) is 46.2 Å². The number of nitrogens with one attached hydrogen (secondary N) is 1. The molecule has 1 saturated carbocycles. The molecule has 1 aliphatic rings. The summed E-state index contributed by atoms with van der Waals surface area (Å²) in [6, 6.07) is 5.66. The van der Waals surface area contributed by atoms with Crippen LogP contribution in [-0.2, 0) is 9.84 Å². The highest BCUT2D eigenvalue weighted by atomic mass is 32.2. The van der Waals surface area contributed by atoms with Crippen LogP contribution in [0.15, 0.2) is 23.1 Å². The van der Waals surface area contributed by atoms with Crippen LogP contribution in [-0.4, -0.2) is 26.8 Å². The Labute approximate surface area is 129 Å². The molecular formula is C17H27NO2S. The van der Waals surface area contributed by atoms with Crippen LogP contribution in [0.25, 0.3) is 0 Å². The minimum atomic E-state index is -3.31. The Morgan fingerprint density at radius 3 is 2.38 bits per heavy atom. The van der Waals surface area contributed by atoms with Crippen molar-refractivity contribution < 1.29 is 8.42 Å². The van der Waals surface area contributed by atoms with Crippen molar-refractivity contribution in [3.05, 3.63) is 29.3 Å². The summed E-state index contributed by atoms with van der Waals surface area (Å²) >= 11 is 0. The van der Waals surface area contributed by atoms with E-state index in [0.717, 1.165) is 24.0 Å². The molecule has 0 aromatic heterocycles. The van der Waals surface area contributed by atoms with Gasteiger partial charge in [0.2, 0.25) is 0 Å². The van der Waals surface area contributed by atoms with E-state index in [4.69, 9.17) is 0 Å². The Morgan fingerprint density at radius 1 is 1.14 bits per heavy atom. The molecule has 1 aromatic carbocycles. The fraction of sp³-hybridized carbons (Fsp3) is 0.647. The van der Waals surface area contributed by atoms with Gasteiger partial charge in [0.05, 0.1) is 10.1 Å². The van der Waals surface area contributed by atoms with Crippen LogP contribution in [0, 0.1) is 25.7 Å². The van der Waals surface area contributed by atoms with Gasteiger partial charge in [0, 0.05) is 6.04 Å². The van der Waals surface area contributed by atoms with Gasteiger partial charge in [-0.25, -0.2) is 8.42 Å². The van der Waals surface area contributed by atoms with Crippen molar-refractivity contribution in [1.82, 2.24) is 5.32 Å². The third kappa shape index (κ3) is 3.16. The van der Waals surface area contributed by atoms with Gasteiger partial charge in [0.15, 0.2) is 9.84 Å². The summed E-state index contributed by atoms with van der Waals surface area (Å²) in [5.41, 5.74) is 1.96. The molecule has 3 nitrogen and oxygen atoms in total. The van der Waals surface area contributed by atoms with Crippen molar-refractivity contribution in [3.8, 4) is 0 Å². The van der Waals surface area contributed by atoms with Gasteiger partial charge >= 0.3 is 0 Å². The minimum Gasteiger partial charge on any atom is -0.316 e. The van der Waals surface area contributed by atoms with E-state index >= 15 is 0 Å². The fourth-order valence-electron chi connectivity index (χ4n) is 3.90. The van der Waals surface area contributed by atoms with Gasteiger partial charge in [0.1, 0.15) is 0 Å². The molecule has 2 rings (SSSR count). The lowest BCUT2D eigenvalue weighted by atomic mass is 9.80. The van der Waals surface area contributed by atoms with Crippen LogP contribution in [0.4, 0.5) is 0 Å². The van der Waals surface area contributed by atoms with Crippen molar-refractivity contribution in [3.63, 3.8) is 0 Å². The first-order chi connectivity index (χ1) is 9.77. The van der Waals surface area contributed by atoms with E-state index < -0.39 is 9.84 Å². The molecule has 0 heterocycles. The molecule has 4 atom stereocenters. The van der Waals surface area contributed by atoms with Crippen LogP contribution in [0.5, 0.6) is 0 Å². The van der Waals surface area contributed by atoms with E-state index in [9.17, 15) is 8.42 Å². The van der Waals surface area contributed by atoms with E-state index in [1.54, 1.807) is 6.07 Å². The van der Waals surface area contributed by atoms with Crippen molar-refractivity contribution >= 4 is 9.84 Å². The third-order valence-electron chi connectivity index (χ3n) is 4.75. The molecule has 0 amide bonds. The Morgan fingerprint density at radius 2 is 1.81 bits per heavy atom. The highest BCUT2D eigenvalue weighted by molar-refractivity contribution is 7.92. The van der Waals surface area contributed by atoms with Gasteiger partial charge in [0.25, 0.3) is 0 Å². The monoisotopic (exact) mass is 309 g/mol. The molecule has 4 heteroatoms.